The number of hydrogen-bond acceptors (Lipinski definition) is 0. The van der Waals surface area contributed by atoms with Gasteiger partial charge >= 0.3 is 0 Å². The Morgan fingerprint density at radius 2 is 1.67 bits per heavy atom. The Kier molecular flexibility index (Phi) is 7.95. The predicted octanol–water partition coefficient (Wildman–Crippen LogP) is -1.52. The monoisotopic (exact) mass is 259 g/mol. The standard InChI is InChI=1S/C6H15BrN.BrH/c1-8(2,3)6-4-5-7;/h4-6H2,1-3H3;1H/q+1;/p-1. The van der Waals surface area contributed by atoms with Gasteiger partial charge in [0.2, 0.25) is 0 Å². The van der Waals surface area contributed by atoms with Crippen LogP contribution in [-0.2, 0) is 0 Å². The van der Waals surface area contributed by atoms with Gasteiger partial charge in [-0.1, -0.05) is 15.9 Å². The van der Waals surface area contributed by atoms with Gasteiger partial charge in [0.15, 0.2) is 0 Å². The molecular weight excluding hydrogens is 246 g/mol. The van der Waals surface area contributed by atoms with Crippen molar-refractivity contribution in [2.24, 2.45) is 0 Å². The molecular formula is C6H15Br2N. The number of quaternary nitrogens is 1. The van der Waals surface area contributed by atoms with E-state index in [1.807, 2.05) is 0 Å². The SMILES string of the molecule is C[N+](C)(C)CCCBr.[Br-]. The summed E-state index contributed by atoms with van der Waals surface area (Å²) in [7, 11) is 6.63. The van der Waals surface area contributed by atoms with Crippen molar-refractivity contribution >= 4 is 15.9 Å². The first kappa shape index (κ1) is 12.6. The van der Waals surface area contributed by atoms with Crippen LogP contribution >= 0.6 is 15.9 Å². The van der Waals surface area contributed by atoms with Crippen LogP contribution in [0.2, 0.25) is 0 Å². The van der Waals surface area contributed by atoms with E-state index in [9.17, 15) is 0 Å². The Hall–Kier alpha value is 0.920. The molecule has 3 heteroatoms. The Labute approximate surface area is 76.9 Å². The molecule has 0 unspecified atom stereocenters. The summed E-state index contributed by atoms with van der Waals surface area (Å²) in [5.74, 6) is 0. The molecule has 0 bridgehead atoms. The van der Waals surface area contributed by atoms with Crippen molar-refractivity contribution in [3.8, 4) is 0 Å². The maximum atomic E-state index is 3.39. The van der Waals surface area contributed by atoms with Crippen LogP contribution < -0.4 is 17.0 Å². The highest BCUT2D eigenvalue weighted by molar-refractivity contribution is 9.09. The van der Waals surface area contributed by atoms with Gasteiger partial charge in [-0.2, -0.15) is 0 Å². The van der Waals surface area contributed by atoms with Crippen LogP contribution in [-0.4, -0.2) is 37.5 Å². The number of nitrogens with zero attached hydrogens (tertiary/aromatic N) is 1. The van der Waals surface area contributed by atoms with Crippen LogP contribution in [0, 0.1) is 0 Å². The lowest BCUT2D eigenvalue weighted by molar-refractivity contribution is -0.870. The van der Waals surface area contributed by atoms with E-state index in [1.54, 1.807) is 0 Å². The molecule has 9 heavy (non-hydrogen) atoms. The minimum absolute atomic E-state index is 0. The fraction of sp³-hybridized carbons (Fsp3) is 1.00. The summed E-state index contributed by atoms with van der Waals surface area (Å²) in [4.78, 5) is 0. The summed E-state index contributed by atoms with van der Waals surface area (Å²) >= 11 is 3.39. The van der Waals surface area contributed by atoms with Crippen molar-refractivity contribution < 1.29 is 21.5 Å². The molecule has 0 amide bonds. The minimum atomic E-state index is 0. The minimum Gasteiger partial charge on any atom is -1.00 e. The van der Waals surface area contributed by atoms with Gasteiger partial charge in [-0.25, -0.2) is 0 Å². The number of hydrogen-bond donors (Lipinski definition) is 0. The van der Waals surface area contributed by atoms with Crippen LogP contribution in [0.3, 0.4) is 0 Å². The van der Waals surface area contributed by atoms with E-state index in [-0.39, 0.29) is 17.0 Å². The predicted molar refractivity (Wildman–Crippen MR) is 41.3 cm³/mol. The lowest BCUT2D eigenvalue weighted by Gasteiger charge is -2.22. The number of alkyl halides is 1. The summed E-state index contributed by atoms with van der Waals surface area (Å²) in [6.45, 7) is 1.26. The molecule has 58 valence electrons. The largest absolute Gasteiger partial charge is 1.00 e. The van der Waals surface area contributed by atoms with Crippen LogP contribution in [0.15, 0.2) is 0 Å². The first-order valence-corrected chi connectivity index (χ1v) is 4.05. The third kappa shape index (κ3) is 12.2. The lowest BCUT2D eigenvalue weighted by Crippen LogP contribution is -3.00. The van der Waals surface area contributed by atoms with Crippen LogP contribution in [0.4, 0.5) is 0 Å². The third-order valence-electron chi connectivity index (χ3n) is 0.963. The van der Waals surface area contributed by atoms with Crippen molar-refractivity contribution in [2.45, 2.75) is 6.42 Å². The highest BCUT2D eigenvalue weighted by atomic mass is 79.9. The van der Waals surface area contributed by atoms with E-state index >= 15 is 0 Å². The van der Waals surface area contributed by atoms with Gasteiger partial charge in [-0.3, -0.25) is 0 Å². The highest BCUT2D eigenvalue weighted by Gasteiger charge is 2.03. The molecule has 0 spiro atoms. The van der Waals surface area contributed by atoms with Gasteiger partial charge in [0.25, 0.3) is 0 Å². The van der Waals surface area contributed by atoms with Crippen molar-refractivity contribution in [3.05, 3.63) is 0 Å². The smallest absolute Gasteiger partial charge is 0.0788 e. The van der Waals surface area contributed by atoms with Crippen LogP contribution in [0.5, 0.6) is 0 Å². The summed E-state index contributed by atoms with van der Waals surface area (Å²) in [6, 6.07) is 0. The van der Waals surface area contributed by atoms with Crippen LogP contribution in [0.1, 0.15) is 6.42 Å². The summed E-state index contributed by atoms with van der Waals surface area (Å²) < 4.78 is 1.08. The fourth-order valence-corrected chi connectivity index (χ4v) is 0.785. The van der Waals surface area contributed by atoms with E-state index in [2.05, 4.69) is 37.1 Å². The van der Waals surface area contributed by atoms with Crippen LogP contribution in [0.25, 0.3) is 0 Å². The maximum absolute atomic E-state index is 3.39. The molecule has 1 nitrogen and oxygen atoms in total. The molecule has 0 aliphatic carbocycles. The Morgan fingerprint density at radius 3 is 1.78 bits per heavy atom. The zero-order chi connectivity index (χ0) is 6.62. The van der Waals surface area contributed by atoms with Gasteiger partial charge in [0, 0.05) is 11.8 Å². The normalized spacial score (nSPS) is 10.7. The molecule has 0 rings (SSSR count). The summed E-state index contributed by atoms with van der Waals surface area (Å²) in [6.07, 6.45) is 1.27. The van der Waals surface area contributed by atoms with Crippen molar-refractivity contribution in [2.75, 3.05) is 33.0 Å². The van der Waals surface area contributed by atoms with Gasteiger partial charge < -0.3 is 21.5 Å². The Balaban J connectivity index is 0. The average Bonchev–Trinajstić information content (AvgIpc) is 1.59. The molecule has 0 saturated heterocycles. The number of halogens is 2. The maximum Gasteiger partial charge on any atom is 0.0788 e. The quantitative estimate of drug-likeness (QED) is 0.427. The molecule has 0 N–H and O–H groups in total. The van der Waals surface area contributed by atoms with Gasteiger partial charge in [-0.05, 0) is 0 Å². The lowest BCUT2D eigenvalue weighted by atomic mass is 10.4. The first-order chi connectivity index (χ1) is 3.56. The molecule has 0 aliphatic rings. The first-order valence-electron chi connectivity index (χ1n) is 2.93. The van der Waals surface area contributed by atoms with E-state index in [0.717, 1.165) is 9.81 Å². The molecule has 0 radical (unpaired) electrons. The van der Waals surface area contributed by atoms with Crippen molar-refractivity contribution in [3.63, 3.8) is 0 Å². The fourth-order valence-electron chi connectivity index (χ4n) is 0.534. The van der Waals surface area contributed by atoms with E-state index in [0.29, 0.717) is 0 Å². The van der Waals surface area contributed by atoms with Crippen molar-refractivity contribution in [1.29, 1.82) is 0 Å². The Morgan fingerprint density at radius 1 is 1.22 bits per heavy atom. The molecule has 0 fully saturated rings. The molecule has 0 aromatic carbocycles. The molecule has 0 atom stereocenters. The second-order valence-electron chi connectivity index (χ2n) is 3.06. The van der Waals surface area contributed by atoms with Crippen molar-refractivity contribution in [1.82, 2.24) is 0 Å². The van der Waals surface area contributed by atoms with E-state index < -0.39 is 0 Å². The van der Waals surface area contributed by atoms with E-state index in [1.165, 1.54) is 13.0 Å². The second-order valence-corrected chi connectivity index (χ2v) is 3.85. The molecule has 0 aromatic rings. The Bertz CT molecular complexity index is 58.6. The van der Waals surface area contributed by atoms with E-state index in [4.69, 9.17) is 0 Å². The summed E-state index contributed by atoms with van der Waals surface area (Å²) in [5, 5.41) is 1.13. The summed E-state index contributed by atoms with van der Waals surface area (Å²) in [5.41, 5.74) is 0. The average molecular weight is 261 g/mol. The van der Waals surface area contributed by atoms with Gasteiger partial charge in [0.1, 0.15) is 0 Å². The number of rotatable bonds is 3. The van der Waals surface area contributed by atoms with Gasteiger partial charge in [0.05, 0.1) is 27.7 Å². The zero-order valence-corrected chi connectivity index (χ0v) is 9.50. The van der Waals surface area contributed by atoms with Gasteiger partial charge in [-0.15, -0.1) is 0 Å². The highest BCUT2D eigenvalue weighted by Crippen LogP contribution is 1.95. The molecule has 0 aliphatic heterocycles. The third-order valence-corrected chi connectivity index (χ3v) is 1.52. The molecule has 0 saturated carbocycles. The molecule has 0 aromatic heterocycles. The zero-order valence-electron chi connectivity index (χ0n) is 6.32. The topological polar surface area (TPSA) is 0 Å². The molecule has 0 heterocycles. The second kappa shape index (κ2) is 5.69.